The Balaban J connectivity index is 1.58. The zero-order valence-corrected chi connectivity index (χ0v) is 15.3. The number of benzene rings is 2. The van der Waals surface area contributed by atoms with Crippen LogP contribution in [0.3, 0.4) is 0 Å². The Morgan fingerprint density at radius 1 is 1.04 bits per heavy atom. The molecule has 0 unspecified atom stereocenters. The van der Waals surface area contributed by atoms with E-state index in [1.807, 2.05) is 63.4 Å². The highest BCUT2D eigenvalue weighted by Gasteiger charge is 2.07. The highest BCUT2D eigenvalue weighted by atomic mass is 16.5. The third-order valence-electron chi connectivity index (χ3n) is 4.39. The smallest absolute Gasteiger partial charge is 0.331 e. The topological polar surface area (TPSA) is 44.1 Å². The molecule has 0 fully saturated rings. The lowest BCUT2D eigenvalue weighted by atomic mass is 10.0. The van der Waals surface area contributed by atoms with Crippen LogP contribution >= 0.6 is 0 Å². The Bertz CT molecular complexity index is 923. The average molecular weight is 346 g/mol. The molecule has 1 heterocycles. The van der Waals surface area contributed by atoms with Crippen LogP contribution in [0.4, 0.5) is 0 Å². The highest BCUT2D eigenvalue weighted by molar-refractivity contribution is 5.87. The first-order chi connectivity index (χ1) is 12.5. The first-order valence-corrected chi connectivity index (χ1v) is 8.54. The molecule has 0 N–H and O–H groups in total. The van der Waals surface area contributed by atoms with Crippen molar-refractivity contribution in [2.75, 3.05) is 0 Å². The second kappa shape index (κ2) is 7.83. The van der Waals surface area contributed by atoms with Gasteiger partial charge in [0, 0.05) is 24.4 Å². The molecule has 1 aromatic heterocycles. The van der Waals surface area contributed by atoms with Crippen LogP contribution in [0.2, 0.25) is 0 Å². The van der Waals surface area contributed by atoms with E-state index in [9.17, 15) is 4.79 Å². The molecule has 0 saturated carbocycles. The van der Waals surface area contributed by atoms with E-state index in [0.29, 0.717) is 0 Å². The molecule has 0 saturated heterocycles. The largest absolute Gasteiger partial charge is 0.458 e. The highest BCUT2D eigenvalue weighted by Crippen LogP contribution is 2.19. The van der Waals surface area contributed by atoms with Crippen LogP contribution in [0, 0.1) is 13.8 Å². The molecule has 132 valence electrons. The number of carbonyl (C=O) groups excluding carboxylic acids is 1. The Kier molecular flexibility index (Phi) is 5.32. The van der Waals surface area contributed by atoms with Gasteiger partial charge in [0.15, 0.2) is 0 Å². The summed E-state index contributed by atoms with van der Waals surface area (Å²) in [5.41, 5.74) is 6.13. The van der Waals surface area contributed by atoms with E-state index >= 15 is 0 Å². The lowest BCUT2D eigenvalue weighted by molar-refractivity contribution is -0.138. The van der Waals surface area contributed by atoms with Crippen molar-refractivity contribution in [3.8, 4) is 11.1 Å². The van der Waals surface area contributed by atoms with Crippen molar-refractivity contribution >= 4 is 12.0 Å². The second-order valence-electron chi connectivity index (χ2n) is 6.21. The summed E-state index contributed by atoms with van der Waals surface area (Å²) in [6.07, 6.45) is 3.22. The lowest BCUT2D eigenvalue weighted by Gasteiger charge is -2.05. The van der Waals surface area contributed by atoms with E-state index in [0.717, 1.165) is 28.1 Å². The van der Waals surface area contributed by atoms with Gasteiger partial charge in [-0.15, -0.1) is 0 Å². The molecule has 0 atom stereocenters. The van der Waals surface area contributed by atoms with Crippen molar-refractivity contribution in [2.45, 2.75) is 20.5 Å². The Hall–Kier alpha value is -3.14. The van der Waals surface area contributed by atoms with E-state index in [2.05, 4.69) is 17.2 Å². The molecule has 3 rings (SSSR count). The number of carbonyl (C=O) groups is 1. The van der Waals surface area contributed by atoms with Crippen LogP contribution in [-0.2, 0) is 23.2 Å². The summed E-state index contributed by atoms with van der Waals surface area (Å²) in [7, 11) is 1.89. The third kappa shape index (κ3) is 4.09. The number of rotatable bonds is 5. The van der Waals surface area contributed by atoms with Crippen LogP contribution in [-0.4, -0.2) is 15.7 Å². The SMILES string of the molecule is Cc1nn(C)c(C)c1/C=C/C(=O)OCc1ccc(-c2ccccc2)cc1. The maximum absolute atomic E-state index is 12.0. The summed E-state index contributed by atoms with van der Waals surface area (Å²) < 4.78 is 7.13. The molecule has 0 radical (unpaired) electrons. The summed E-state index contributed by atoms with van der Waals surface area (Å²) in [6.45, 7) is 4.15. The number of esters is 1. The summed E-state index contributed by atoms with van der Waals surface area (Å²) >= 11 is 0. The van der Waals surface area contributed by atoms with Gasteiger partial charge in [0.2, 0.25) is 0 Å². The molecular formula is C22H22N2O2. The number of aromatic nitrogens is 2. The van der Waals surface area contributed by atoms with Crippen LogP contribution in [0.25, 0.3) is 17.2 Å². The average Bonchev–Trinajstić information content (AvgIpc) is 2.91. The van der Waals surface area contributed by atoms with Gasteiger partial charge in [-0.2, -0.15) is 5.10 Å². The monoisotopic (exact) mass is 346 g/mol. The molecule has 4 heteroatoms. The van der Waals surface area contributed by atoms with Gasteiger partial charge in [-0.1, -0.05) is 54.6 Å². The van der Waals surface area contributed by atoms with Crippen LogP contribution in [0.5, 0.6) is 0 Å². The first-order valence-electron chi connectivity index (χ1n) is 8.54. The predicted molar refractivity (Wildman–Crippen MR) is 103 cm³/mol. The fourth-order valence-electron chi connectivity index (χ4n) is 2.81. The molecule has 0 amide bonds. The van der Waals surface area contributed by atoms with E-state index in [4.69, 9.17) is 4.74 Å². The van der Waals surface area contributed by atoms with E-state index in [-0.39, 0.29) is 12.6 Å². The van der Waals surface area contributed by atoms with Gasteiger partial charge < -0.3 is 4.74 Å². The van der Waals surface area contributed by atoms with Gasteiger partial charge in [0.05, 0.1) is 5.69 Å². The van der Waals surface area contributed by atoms with Gasteiger partial charge in [-0.05, 0) is 36.6 Å². The van der Waals surface area contributed by atoms with E-state index in [1.165, 1.54) is 11.6 Å². The third-order valence-corrected chi connectivity index (χ3v) is 4.39. The zero-order valence-electron chi connectivity index (χ0n) is 15.3. The van der Waals surface area contributed by atoms with Gasteiger partial charge in [0.25, 0.3) is 0 Å². The molecule has 0 spiro atoms. The van der Waals surface area contributed by atoms with Crippen molar-refractivity contribution in [2.24, 2.45) is 7.05 Å². The van der Waals surface area contributed by atoms with Crippen LogP contribution < -0.4 is 0 Å². The van der Waals surface area contributed by atoms with Crippen LogP contribution in [0.1, 0.15) is 22.5 Å². The Labute approximate surface area is 153 Å². The van der Waals surface area contributed by atoms with Crippen molar-refractivity contribution in [1.29, 1.82) is 0 Å². The molecule has 0 aliphatic carbocycles. The Morgan fingerprint density at radius 2 is 1.69 bits per heavy atom. The lowest BCUT2D eigenvalue weighted by Crippen LogP contribution is -2.00. The standard InChI is InChI=1S/C22H22N2O2/c1-16-21(17(2)24(3)23-16)13-14-22(25)26-15-18-9-11-20(12-10-18)19-7-5-4-6-8-19/h4-14H,15H2,1-3H3/b14-13+. The number of nitrogens with zero attached hydrogens (tertiary/aromatic N) is 2. The van der Waals surface area contributed by atoms with Crippen molar-refractivity contribution < 1.29 is 9.53 Å². The fourth-order valence-corrected chi connectivity index (χ4v) is 2.81. The maximum atomic E-state index is 12.0. The number of hydrogen-bond acceptors (Lipinski definition) is 3. The van der Waals surface area contributed by atoms with Crippen molar-refractivity contribution in [3.63, 3.8) is 0 Å². The summed E-state index contributed by atoms with van der Waals surface area (Å²) in [5.74, 6) is -0.361. The van der Waals surface area contributed by atoms with Crippen molar-refractivity contribution in [3.05, 3.63) is 83.2 Å². The maximum Gasteiger partial charge on any atom is 0.331 e. The molecule has 0 aliphatic heterocycles. The zero-order chi connectivity index (χ0) is 18.5. The molecule has 26 heavy (non-hydrogen) atoms. The summed E-state index contributed by atoms with van der Waals surface area (Å²) in [4.78, 5) is 12.0. The molecule has 3 aromatic rings. The van der Waals surface area contributed by atoms with Gasteiger partial charge in [-0.25, -0.2) is 4.79 Å². The number of ether oxygens (including phenoxy) is 1. The minimum Gasteiger partial charge on any atom is -0.458 e. The second-order valence-corrected chi connectivity index (χ2v) is 6.21. The Morgan fingerprint density at radius 3 is 2.31 bits per heavy atom. The van der Waals surface area contributed by atoms with E-state index in [1.54, 1.807) is 10.8 Å². The number of aryl methyl sites for hydroxylation is 2. The quantitative estimate of drug-likeness (QED) is 0.506. The number of hydrogen-bond donors (Lipinski definition) is 0. The summed E-state index contributed by atoms with van der Waals surface area (Å²) in [6, 6.07) is 18.2. The molecule has 0 aliphatic rings. The summed E-state index contributed by atoms with van der Waals surface area (Å²) in [5, 5.41) is 4.33. The molecule has 2 aromatic carbocycles. The van der Waals surface area contributed by atoms with Gasteiger partial charge >= 0.3 is 5.97 Å². The molecule has 4 nitrogen and oxygen atoms in total. The molecular weight excluding hydrogens is 324 g/mol. The van der Waals surface area contributed by atoms with Crippen molar-refractivity contribution in [1.82, 2.24) is 9.78 Å². The first kappa shape index (κ1) is 17.7. The van der Waals surface area contributed by atoms with E-state index < -0.39 is 0 Å². The molecule has 0 bridgehead atoms. The van der Waals surface area contributed by atoms with Gasteiger partial charge in [-0.3, -0.25) is 4.68 Å². The normalized spacial score (nSPS) is 11.0. The fraction of sp³-hybridized carbons (Fsp3) is 0.182. The van der Waals surface area contributed by atoms with Crippen LogP contribution in [0.15, 0.2) is 60.7 Å². The minimum atomic E-state index is -0.361. The predicted octanol–water partition coefficient (Wildman–Crippen LogP) is 4.46. The minimum absolute atomic E-state index is 0.253. The van der Waals surface area contributed by atoms with Gasteiger partial charge in [0.1, 0.15) is 6.61 Å².